The smallest absolute Gasteiger partial charge is 0.261 e. The van der Waals surface area contributed by atoms with Gasteiger partial charge in [0.05, 0.1) is 21.5 Å². The third kappa shape index (κ3) is 17.2. The van der Waals surface area contributed by atoms with Crippen LogP contribution >= 0.6 is 0 Å². The van der Waals surface area contributed by atoms with Gasteiger partial charge in [0.1, 0.15) is 18.3 Å². The zero-order valence-corrected chi connectivity index (χ0v) is 27.8. The number of hydrogen-bond acceptors (Lipinski definition) is 8. The number of aromatic nitrogens is 2. The Labute approximate surface area is 318 Å². The molecule has 45 heavy (non-hydrogen) atoms. The van der Waals surface area contributed by atoms with Crippen LogP contribution in [0.3, 0.4) is 0 Å². The van der Waals surface area contributed by atoms with E-state index in [1.807, 2.05) is 26.0 Å². The van der Waals surface area contributed by atoms with E-state index in [9.17, 15) is 19.2 Å². The maximum atomic E-state index is 11.8. The largest absolute Gasteiger partial charge is 0.508 e. The summed E-state index contributed by atoms with van der Waals surface area (Å²) in [5.41, 5.74) is -1.81. The van der Waals surface area contributed by atoms with Crippen LogP contribution in [0, 0.1) is 0 Å². The average Bonchev–Trinajstić information content (AvgIpc) is 3.25. The molecule has 0 atom stereocenters. The van der Waals surface area contributed by atoms with Crippen molar-refractivity contribution in [2.45, 2.75) is 58.4 Å². The van der Waals surface area contributed by atoms with Crippen molar-refractivity contribution >= 4 is 21.5 Å². The maximum Gasteiger partial charge on any atom is 0.261 e. The standard InChI is InChI=1S/C12H8N2O4.2C6H6O.C2H6.CH4O2.6CH4.2Y/c1-13-9(15)5-3-7-8(4-6(5)10(13)16)12(18)14(2)11(7)17;2*7-6-4-2-1-3-5-6;1-2;2-1-3;;;;;;;;/h3-4H,1-2H3;2*1-5,7H;1-2H3;2-3H,1H2;6*1H4;;. The van der Waals surface area contributed by atoms with Crippen LogP contribution in [0.5, 0.6) is 11.5 Å². The number of rotatable bonds is 0. The Morgan fingerprint density at radius 1 is 0.489 bits per heavy atom. The number of phenolic OH excluding ortho intramolecular Hbond substituents is 2. The van der Waals surface area contributed by atoms with Gasteiger partial charge in [-0.2, -0.15) is 0 Å². The first-order valence-corrected chi connectivity index (χ1v) is 11.2. The maximum absolute atomic E-state index is 11.8. The average molecular weight is 785 g/mol. The number of hydrogen-bond donors (Lipinski definition) is 4. The molecule has 0 saturated carbocycles. The first kappa shape index (κ1) is 61.6. The second kappa shape index (κ2) is 31.6. The van der Waals surface area contributed by atoms with Crippen LogP contribution in [0.15, 0.2) is 92.0 Å². The van der Waals surface area contributed by atoms with Crippen molar-refractivity contribution in [1.29, 1.82) is 0 Å². The van der Waals surface area contributed by atoms with Gasteiger partial charge in [0.15, 0.2) is 0 Å². The fourth-order valence-electron chi connectivity index (χ4n) is 3.07. The minimum atomic E-state index is -0.750. The summed E-state index contributed by atoms with van der Waals surface area (Å²) in [4.78, 5) is 47.1. The normalized spacial score (nSPS) is 7.87. The molecule has 0 unspecified atom stereocenters. The van der Waals surface area contributed by atoms with E-state index < -0.39 is 29.0 Å². The molecule has 0 aliphatic heterocycles. The van der Waals surface area contributed by atoms with Crippen molar-refractivity contribution in [3.05, 3.63) is 114 Å². The topological polar surface area (TPSA) is 159 Å². The molecule has 0 amide bonds. The summed E-state index contributed by atoms with van der Waals surface area (Å²) in [6.45, 7) is 3.25. The van der Waals surface area contributed by atoms with E-state index in [1.54, 1.807) is 48.5 Å². The summed E-state index contributed by atoms with van der Waals surface area (Å²) >= 11 is 0. The van der Waals surface area contributed by atoms with Crippen LogP contribution in [0.2, 0.25) is 0 Å². The Morgan fingerprint density at radius 2 is 0.667 bits per heavy atom. The van der Waals surface area contributed by atoms with Crippen molar-refractivity contribution in [1.82, 2.24) is 9.13 Å². The molecule has 250 valence electrons. The molecule has 10 nitrogen and oxygen atoms in total. The van der Waals surface area contributed by atoms with Gasteiger partial charge in [0.25, 0.3) is 22.2 Å². The second-order valence-corrected chi connectivity index (χ2v) is 7.09. The Hall–Kier alpha value is -2.33. The first-order chi connectivity index (χ1) is 17.6. The Balaban J connectivity index is -0.0000000728. The van der Waals surface area contributed by atoms with Crippen LogP contribution in [0.1, 0.15) is 58.4 Å². The summed E-state index contributed by atoms with van der Waals surface area (Å²) in [5, 5.41) is 32.2. The van der Waals surface area contributed by atoms with Gasteiger partial charge < -0.3 is 20.4 Å². The summed E-state index contributed by atoms with van der Waals surface area (Å²) in [7, 11) is 2.73. The molecule has 4 N–H and O–H groups in total. The van der Waals surface area contributed by atoms with Gasteiger partial charge in [0, 0.05) is 79.5 Å². The summed E-state index contributed by atoms with van der Waals surface area (Å²) in [6, 6.07) is 20.1. The van der Waals surface area contributed by atoms with Crippen LogP contribution in [0.4, 0.5) is 0 Å². The minimum Gasteiger partial charge on any atom is -0.508 e. The predicted molar refractivity (Wildman–Crippen MR) is 184 cm³/mol. The molecular weight excluding hydrogens is 730 g/mol. The molecule has 5 rings (SSSR count). The zero-order valence-electron chi connectivity index (χ0n) is 22.1. The molecule has 0 aliphatic carbocycles. The molecule has 2 heterocycles. The summed E-state index contributed by atoms with van der Waals surface area (Å²) in [5.74, 6) is 0.644. The van der Waals surface area contributed by atoms with Crippen LogP contribution in [0.25, 0.3) is 21.5 Å². The van der Waals surface area contributed by atoms with E-state index in [4.69, 9.17) is 20.4 Å². The van der Waals surface area contributed by atoms with Crippen LogP contribution in [-0.2, 0) is 79.5 Å². The molecular formula is C33H54N2O8Y2. The Kier molecular flexibility index (Phi) is 43.3. The molecule has 0 spiro atoms. The Bertz CT molecular complexity index is 1420. The number of aliphatic hydroxyl groups excluding tert-OH is 1. The fraction of sp³-hybridized carbons (Fsp3) is 0.333. The van der Waals surface area contributed by atoms with E-state index in [0.717, 1.165) is 9.13 Å². The SMILES string of the molecule is C.C.C.C.C.C.CC.Cn1c(=O)c2cc3c(=O)n(C)c(=O)c3cc2c1=O.OCO.Oc1ccccc1.Oc1ccccc1.[Y].[Y]. The number of aromatic hydroxyl groups is 2. The summed E-state index contributed by atoms with van der Waals surface area (Å²) in [6.07, 6.45) is 0. The Morgan fingerprint density at radius 3 is 0.800 bits per heavy atom. The third-order valence-electron chi connectivity index (χ3n) is 4.81. The molecule has 0 aliphatic rings. The van der Waals surface area contributed by atoms with Crippen molar-refractivity contribution in [2.75, 3.05) is 6.79 Å². The fourth-order valence-corrected chi connectivity index (χ4v) is 3.07. The monoisotopic (exact) mass is 784 g/mol. The third-order valence-corrected chi connectivity index (χ3v) is 4.81. The van der Waals surface area contributed by atoms with Crippen LogP contribution < -0.4 is 22.2 Å². The molecule has 3 aromatic carbocycles. The number of para-hydroxylation sites is 2. The van der Waals surface area contributed by atoms with E-state index in [-0.39, 0.29) is 132 Å². The molecule has 5 aromatic rings. The number of fused-ring (bicyclic) bond motifs is 2. The number of nitrogens with zero attached hydrogens (tertiary/aromatic N) is 2. The molecule has 2 aromatic heterocycles. The van der Waals surface area contributed by atoms with Crippen molar-refractivity contribution in [3.8, 4) is 11.5 Å². The van der Waals surface area contributed by atoms with Gasteiger partial charge in [-0.1, -0.05) is 94.8 Å². The second-order valence-electron chi connectivity index (χ2n) is 7.09. The van der Waals surface area contributed by atoms with Crippen molar-refractivity contribution in [2.24, 2.45) is 14.1 Å². The number of aliphatic hydroxyl groups is 2. The van der Waals surface area contributed by atoms with Gasteiger partial charge >= 0.3 is 0 Å². The van der Waals surface area contributed by atoms with E-state index in [2.05, 4.69) is 0 Å². The van der Waals surface area contributed by atoms with E-state index in [0.29, 0.717) is 11.5 Å². The van der Waals surface area contributed by atoms with Crippen molar-refractivity contribution < 1.29 is 85.8 Å². The van der Waals surface area contributed by atoms with Gasteiger partial charge in [-0.25, -0.2) is 0 Å². The molecule has 0 bridgehead atoms. The number of phenols is 2. The van der Waals surface area contributed by atoms with Crippen molar-refractivity contribution in [3.63, 3.8) is 0 Å². The van der Waals surface area contributed by atoms with Crippen LogP contribution in [-0.4, -0.2) is 36.4 Å². The van der Waals surface area contributed by atoms with Gasteiger partial charge in [-0.3, -0.25) is 28.3 Å². The first-order valence-electron chi connectivity index (χ1n) is 11.2. The molecule has 0 saturated heterocycles. The molecule has 0 fully saturated rings. The number of benzene rings is 3. The minimum absolute atomic E-state index is 0. The predicted octanol–water partition coefficient (Wildman–Crippen LogP) is 5.54. The molecule has 12 heteroatoms. The van der Waals surface area contributed by atoms with Gasteiger partial charge in [0.2, 0.25) is 0 Å². The van der Waals surface area contributed by atoms with Gasteiger partial charge in [-0.15, -0.1) is 0 Å². The van der Waals surface area contributed by atoms with E-state index >= 15 is 0 Å². The summed E-state index contributed by atoms with van der Waals surface area (Å²) < 4.78 is 1.94. The zero-order chi connectivity index (χ0) is 28.1. The van der Waals surface area contributed by atoms with Gasteiger partial charge in [-0.05, 0) is 36.4 Å². The molecule has 2 radical (unpaired) electrons. The quantitative estimate of drug-likeness (QED) is 0.149. The van der Waals surface area contributed by atoms with E-state index in [1.165, 1.54) is 26.2 Å².